The van der Waals surface area contributed by atoms with Crippen molar-refractivity contribution in [3.05, 3.63) is 30.1 Å². The van der Waals surface area contributed by atoms with Gasteiger partial charge in [-0.25, -0.2) is 0 Å². The van der Waals surface area contributed by atoms with Crippen LogP contribution in [0.2, 0.25) is 0 Å². The van der Waals surface area contributed by atoms with E-state index in [1.165, 1.54) is 0 Å². The second kappa shape index (κ2) is 10.7. The average molecular weight is 369 g/mol. The minimum atomic E-state index is -0.0126. The summed E-state index contributed by atoms with van der Waals surface area (Å²) in [5.74, 6) is 0.182. The van der Waals surface area contributed by atoms with Gasteiger partial charge in [-0.1, -0.05) is 6.07 Å². The van der Waals surface area contributed by atoms with Crippen molar-refractivity contribution in [3.8, 4) is 0 Å². The van der Waals surface area contributed by atoms with Gasteiger partial charge in [-0.2, -0.15) is 0 Å². The first-order chi connectivity index (χ1) is 11.8. The predicted molar refractivity (Wildman–Crippen MR) is 99.8 cm³/mol. The maximum atomic E-state index is 13.0. The van der Waals surface area contributed by atoms with E-state index >= 15 is 0 Å². The summed E-state index contributed by atoms with van der Waals surface area (Å²) in [6.07, 6.45) is 5.39. The maximum Gasteiger partial charge on any atom is 0.225 e. The van der Waals surface area contributed by atoms with Crippen LogP contribution in [-0.2, 0) is 16.1 Å². The van der Waals surface area contributed by atoms with Crippen LogP contribution >= 0.6 is 12.4 Å². The zero-order valence-electron chi connectivity index (χ0n) is 14.7. The maximum absolute atomic E-state index is 13.0. The summed E-state index contributed by atoms with van der Waals surface area (Å²) in [6.45, 7) is 4.91. The molecule has 2 atom stereocenters. The monoisotopic (exact) mass is 368 g/mol. The molecule has 7 heteroatoms. The van der Waals surface area contributed by atoms with Gasteiger partial charge in [0.25, 0.3) is 0 Å². The fourth-order valence-electron chi connectivity index (χ4n) is 3.46. The second-order valence-electron chi connectivity index (χ2n) is 6.58. The van der Waals surface area contributed by atoms with E-state index < -0.39 is 0 Å². The van der Waals surface area contributed by atoms with Crippen LogP contribution in [0.1, 0.15) is 31.4 Å². The zero-order valence-corrected chi connectivity index (χ0v) is 15.5. The third-order valence-corrected chi connectivity index (χ3v) is 4.77. The summed E-state index contributed by atoms with van der Waals surface area (Å²) in [5.41, 5.74) is 0.950. The number of amides is 1. The molecule has 0 bridgehead atoms. The van der Waals surface area contributed by atoms with Crippen LogP contribution < -0.4 is 10.6 Å². The number of carbonyl (C=O) groups excluding carboxylic acids is 1. The molecule has 140 valence electrons. The number of nitrogens with one attached hydrogen (secondary N) is 2. The number of morpholine rings is 1. The molecule has 0 spiro atoms. The molecule has 2 N–H and O–H groups in total. The van der Waals surface area contributed by atoms with Crippen molar-refractivity contribution in [2.24, 2.45) is 0 Å². The highest BCUT2D eigenvalue weighted by atomic mass is 35.5. The van der Waals surface area contributed by atoms with Crippen LogP contribution in [-0.4, -0.2) is 60.7 Å². The molecule has 1 amide bonds. The van der Waals surface area contributed by atoms with Crippen LogP contribution in [0.3, 0.4) is 0 Å². The van der Waals surface area contributed by atoms with E-state index in [4.69, 9.17) is 4.74 Å². The number of hydrogen-bond donors (Lipinski definition) is 2. The molecule has 2 aliphatic heterocycles. The number of halogens is 1. The first kappa shape index (κ1) is 20.1. The second-order valence-corrected chi connectivity index (χ2v) is 6.58. The molecule has 2 aliphatic rings. The number of hydrogen-bond acceptors (Lipinski definition) is 5. The molecular formula is C18H29ClN4O2. The predicted octanol–water partition coefficient (Wildman–Crippen LogP) is 1.35. The molecule has 0 aliphatic carbocycles. The molecule has 25 heavy (non-hydrogen) atoms. The highest BCUT2D eigenvalue weighted by molar-refractivity contribution is 5.85. The quantitative estimate of drug-likeness (QED) is 0.821. The first-order valence-corrected chi connectivity index (χ1v) is 9.05. The molecule has 3 rings (SSSR count). The lowest BCUT2D eigenvalue weighted by Crippen LogP contribution is -2.45. The fraction of sp³-hybridized carbons (Fsp3) is 0.667. The molecule has 3 heterocycles. The molecule has 0 radical (unpaired) electrons. The van der Waals surface area contributed by atoms with Gasteiger partial charge >= 0.3 is 0 Å². The van der Waals surface area contributed by atoms with Crippen molar-refractivity contribution in [2.75, 3.05) is 32.8 Å². The Balaban J connectivity index is 0.00000225. The van der Waals surface area contributed by atoms with Crippen molar-refractivity contribution < 1.29 is 9.53 Å². The minimum absolute atomic E-state index is 0. The average Bonchev–Trinajstić information content (AvgIpc) is 2.90. The molecule has 1 aromatic rings. The van der Waals surface area contributed by atoms with E-state index in [0.717, 1.165) is 51.1 Å². The molecule has 0 saturated carbocycles. The van der Waals surface area contributed by atoms with Gasteiger partial charge in [-0.15, -0.1) is 12.4 Å². The van der Waals surface area contributed by atoms with Crippen molar-refractivity contribution in [2.45, 2.75) is 44.4 Å². The van der Waals surface area contributed by atoms with E-state index in [-0.39, 0.29) is 30.5 Å². The fourth-order valence-corrected chi connectivity index (χ4v) is 3.46. The summed E-state index contributed by atoms with van der Waals surface area (Å²) >= 11 is 0. The zero-order chi connectivity index (χ0) is 16.6. The number of ether oxygens (including phenoxy) is 1. The van der Waals surface area contributed by atoms with Crippen LogP contribution in [0.5, 0.6) is 0 Å². The normalized spacial score (nSPS) is 24.0. The molecule has 6 nitrogen and oxygen atoms in total. The smallest absolute Gasteiger partial charge is 0.225 e. The summed E-state index contributed by atoms with van der Waals surface area (Å²) in [4.78, 5) is 19.4. The standard InChI is InChI=1S/C18H28N4O2.ClH/c23-18(12-17-13-20-10-11-24-17)22(14-15-4-1-2-8-21-15)16-5-3-7-19-9-6-16;/h1-2,4,8,16-17,19-20H,3,5-7,9-14H2;1H. The summed E-state index contributed by atoms with van der Waals surface area (Å²) in [6, 6.07) is 6.17. The van der Waals surface area contributed by atoms with Gasteiger partial charge in [0.1, 0.15) is 0 Å². The highest BCUT2D eigenvalue weighted by Gasteiger charge is 2.27. The Morgan fingerprint density at radius 2 is 2.16 bits per heavy atom. The molecule has 2 saturated heterocycles. The number of aromatic nitrogens is 1. The van der Waals surface area contributed by atoms with Crippen LogP contribution in [0.4, 0.5) is 0 Å². The van der Waals surface area contributed by atoms with Gasteiger partial charge < -0.3 is 20.3 Å². The molecule has 0 aromatic carbocycles. The number of nitrogens with zero attached hydrogens (tertiary/aromatic N) is 2. The first-order valence-electron chi connectivity index (χ1n) is 9.05. The Morgan fingerprint density at radius 1 is 1.24 bits per heavy atom. The Hall–Kier alpha value is -1.21. The molecule has 1 aromatic heterocycles. The lowest BCUT2D eigenvalue weighted by atomic mass is 10.1. The van der Waals surface area contributed by atoms with E-state index in [9.17, 15) is 4.79 Å². The number of pyridine rings is 1. The lowest BCUT2D eigenvalue weighted by molar-refractivity contribution is -0.138. The van der Waals surface area contributed by atoms with Crippen molar-refractivity contribution >= 4 is 18.3 Å². The van der Waals surface area contributed by atoms with Crippen LogP contribution in [0.25, 0.3) is 0 Å². The molecular weight excluding hydrogens is 340 g/mol. The van der Waals surface area contributed by atoms with Gasteiger partial charge in [-0.3, -0.25) is 9.78 Å². The van der Waals surface area contributed by atoms with Gasteiger partial charge in [-0.05, 0) is 44.5 Å². The van der Waals surface area contributed by atoms with Gasteiger partial charge in [0.15, 0.2) is 0 Å². The Morgan fingerprint density at radius 3 is 2.92 bits per heavy atom. The molecule has 2 unspecified atom stereocenters. The SMILES string of the molecule is Cl.O=C(CC1CNCCO1)N(Cc1ccccn1)C1CCCNCC1. The van der Waals surface area contributed by atoms with E-state index in [1.807, 2.05) is 23.1 Å². The summed E-state index contributed by atoms with van der Waals surface area (Å²) in [5, 5.41) is 6.73. The van der Waals surface area contributed by atoms with Gasteiger partial charge in [0.2, 0.25) is 5.91 Å². The van der Waals surface area contributed by atoms with Gasteiger partial charge in [0, 0.05) is 25.3 Å². The van der Waals surface area contributed by atoms with Crippen LogP contribution in [0, 0.1) is 0 Å². The Labute approximate surface area is 156 Å². The minimum Gasteiger partial charge on any atom is -0.375 e. The molecule has 2 fully saturated rings. The van der Waals surface area contributed by atoms with Crippen LogP contribution in [0.15, 0.2) is 24.4 Å². The van der Waals surface area contributed by atoms with Gasteiger partial charge in [0.05, 0.1) is 31.4 Å². The number of carbonyl (C=O) groups is 1. The lowest BCUT2D eigenvalue weighted by Gasteiger charge is -2.33. The van der Waals surface area contributed by atoms with Crippen molar-refractivity contribution in [3.63, 3.8) is 0 Å². The number of rotatable bonds is 5. The Bertz CT molecular complexity index is 503. The van der Waals surface area contributed by atoms with Crippen molar-refractivity contribution in [1.29, 1.82) is 0 Å². The van der Waals surface area contributed by atoms with E-state index in [2.05, 4.69) is 15.6 Å². The Kier molecular flexibility index (Phi) is 8.61. The van der Waals surface area contributed by atoms with Crippen molar-refractivity contribution in [1.82, 2.24) is 20.5 Å². The van der Waals surface area contributed by atoms with E-state index in [1.54, 1.807) is 6.20 Å². The van der Waals surface area contributed by atoms with E-state index in [0.29, 0.717) is 19.6 Å². The highest BCUT2D eigenvalue weighted by Crippen LogP contribution is 2.18. The largest absolute Gasteiger partial charge is 0.375 e. The third kappa shape index (κ3) is 6.22. The third-order valence-electron chi connectivity index (χ3n) is 4.77. The summed E-state index contributed by atoms with van der Waals surface area (Å²) in [7, 11) is 0. The topological polar surface area (TPSA) is 66.5 Å². The summed E-state index contributed by atoms with van der Waals surface area (Å²) < 4.78 is 5.72.